The van der Waals surface area contributed by atoms with Gasteiger partial charge >= 0.3 is 0 Å². The molecule has 0 radical (unpaired) electrons. The van der Waals surface area contributed by atoms with Gasteiger partial charge in [0.25, 0.3) is 0 Å². The lowest BCUT2D eigenvalue weighted by atomic mass is 9.98. The van der Waals surface area contributed by atoms with Gasteiger partial charge in [-0.15, -0.1) is 11.3 Å². The van der Waals surface area contributed by atoms with Crippen molar-refractivity contribution in [1.29, 1.82) is 0 Å². The highest BCUT2D eigenvalue weighted by Crippen LogP contribution is 2.37. The molecular weight excluding hydrogens is 285 g/mol. The van der Waals surface area contributed by atoms with Crippen molar-refractivity contribution in [2.24, 2.45) is 0 Å². The van der Waals surface area contributed by atoms with Gasteiger partial charge in [0.05, 0.1) is 11.7 Å². The summed E-state index contributed by atoms with van der Waals surface area (Å²) in [6.07, 6.45) is 2.99. The normalized spacial score (nSPS) is 18.1. The first-order chi connectivity index (χ1) is 9.60. The van der Waals surface area contributed by atoms with Gasteiger partial charge in [-0.3, -0.25) is 0 Å². The zero-order valence-electron chi connectivity index (χ0n) is 10.8. The van der Waals surface area contributed by atoms with Gasteiger partial charge in [0.2, 0.25) is 0 Å². The number of benzene rings is 1. The number of hydrogen-bond acceptors (Lipinski definition) is 3. The van der Waals surface area contributed by atoms with Crippen molar-refractivity contribution in [1.82, 2.24) is 10.3 Å². The number of fused-ring (bicyclic) bond motifs is 1. The number of aromatic nitrogens is 1. The summed E-state index contributed by atoms with van der Waals surface area (Å²) in [4.78, 5) is 5.62. The highest BCUT2D eigenvalue weighted by molar-refractivity contribution is 7.15. The molecule has 6 heteroatoms. The molecule has 2 aromatic rings. The van der Waals surface area contributed by atoms with E-state index in [-0.39, 0.29) is 11.6 Å². The number of hydrogen-bond donors (Lipinski definition) is 1. The lowest BCUT2D eigenvalue weighted by Gasteiger charge is -2.19. The second-order valence-corrected chi connectivity index (χ2v) is 5.90. The highest BCUT2D eigenvalue weighted by Gasteiger charge is 2.24. The summed E-state index contributed by atoms with van der Waals surface area (Å²) in [5.41, 5.74) is 1.24. The molecule has 0 spiro atoms. The Labute approximate surface area is 118 Å². The van der Waals surface area contributed by atoms with E-state index in [9.17, 15) is 13.2 Å². The fraction of sp³-hybridized carbons (Fsp3) is 0.357. The summed E-state index contributed by atoms with van der Waals surface area (Å²) in [6.45, 7) is 0. The van der Waals surface area contributed by atoms with Crippen LogP contribution in [0.25, 0.3) is 10.6 Å². The molecule has 2 nitrogen and oxygen atoms in total. The average Bonchev–Trinajstić information content (AvgIpc) is 2.88. The Morgan fingerprint density at radius 1 is 1.25 bits per heavy atom. The summed E-state index contributed by atoms with van der Waals surface area (Å²) in [5.74, 6) is -3.81. The van der Waals surface area contributed by atoms with Gasteiger partial charge in [-0.05, 0) is 38.4 Å². The van der Waals surface area contributed by atoms with E-state index in [2.05, 4.69) is 10.3 Å². The molecule has 0 saturated carbocycles. The van der Waals surface area contributed by atoms with E-state index < -0.39 is 17.5 Å². The molecule has 1 unspecified atom stereocenters. The number of nitrogens with zero attached hydrogens (tertiary/aromatic N) is 1. The van der Waals surface area contributed by atoms with E-state index in [4.69, 9.17) is 0 Å². The summed E-state index contributed by atoms with van der Waals surface area (Å²) >= 11 is 1.42. The van der Waals surface area contributed by atoms with Crippen molar-refractivity contribution in [2.45, 2.75) is 25.3 Å². The van der Waals surface area contributed by atoms with Crippen molar-refractivity contribution in [2.75, 3.05) is 7.05 Å². The van der Waals surface area contributed by atoms with Crippen LogP contribution in [0.1, 0.15) is 29.5 Å². The van der Waals surface area contributed by atoms with Gasteiger partial charge < -0.3 is 5.32 Å². The van der Waals surface area contributed by atoms with Crippen LogP contribution in [0.4, 0.5) is 13.2 Å². The molecular formula is C14H13F3N2S. The summed E-state index contributed by atoms with van der Waals surface area (Å²) in [6, 6.07) is 2.17. The predicted molar refractivity (Wildman–Crippen MR) is 72.2 cm³/mol. The van der Waals surface area contributed by atoms with Crippen LogP contribution in [-0.4, -0.2) is 12.0 Å². The fourth-order valence-electron chi connectivity index (χ4n) is 2.50. The van der Waals surface area contributed by atoms with E-state index >= 15 is 0 Å². The zero-order chi connectivity index (χ0) is 14.3. The van der Waals surface area contributed by atoms with Gasteiger partial charge in [-0.25, -0.2) is 18.2 Å². The van der Waals surface area contributed by atoms with Crippen LogP contribution in [0, 0.1) is 17.5 Å². The van der Waals surface area contributed by atoms with E-state index in [1.54, 1.807) is 0 Å². The Morgan fingerprint density at radius 3 is 2.60 bits per heavy atom. The first-order valence-corrected chi connectivity index (χ1v) is 7.23. The van der Waals surface area contributed by atoms with Crippen molar-refractivity contribution < 1.29 is 13.2 Å². The SMILES string of the molecule is CNC1CCCc2sc(-c3cc(F)c(F)c(F)c3)nc21. The predicted octanol–water partition coefficient (Wildman–Crippen LogP) is 3.82. The van der Waals surface area contributed by atoms with Crippen LogP contribution < -0.4 is 5.32 Å². The summed E-state index contributed by atoms with van der Waals surface area (Å²) < 4.78 is 39.6. The van der Waals surface area contributed by atoms with Gasteiger partial charge in [-0.1, -0.05) is 0 Å². The highest BCUT2D eigenvalue weighted by atomic mass is 32.1. The minimum absolute atomic E-state index is 0.180. The van der Waals surface area contributed by atoms with Crippen LogP contribution >= 0.6 is 11.3 Å². The Morgan fingerprint density at radius 2 is 1.95 bits per heavy atom. The number of nitrogens with one attached hydrogen (secondary N) is 1. The molecule has 1 aliphatic rings. The number of thiazole rings is 1. The molecule has 0 aliphatic heterocycles. The fourth-order valence-corrected chi connectivity index (χ4v) is 3.65. The van der Waals surface area contributed by atoms with Crippen LogP contribution in [0.15, 0.2) is 12.1 Å². The Hall–Kier alpha value is -1.40. The lowest BCUT2D eigenvalue weighted by molar-refractivity contribution is 0.447. The third kappa shape index (κ3) is 2.23. The third-order valence-electron chi connectivity index (χ3n) is 3.53. The lowest BCUT2D eigenvalue weighted by Crippen LogP contribution is -2.21. The van der Waals surface area contributed by atoms with Crippen molar-refractivity contribution in [3.05, 3.63) is 40.2 Å². The Bertz CT molecular complexity index is 631. The number of rotatable bonds is 2. The van der Waals surface area contributed by atoms with Gasteiger partial charge in [-0.2, -0.15) is 0 Å². The first kappa shape index (κ1) is 13.6. The van der Waals surface area contributed by atoms with E-state index in [1.807, 2.05) is 7.05 Å². The molecule has 1 N–H and O–H groups in total. The van der Waals surface area contributed by atoms with Crippen molar-refractivity contribution in [3.8, 4) is 10.6 Å². The standard InChI is InChI=1S/C14H13F3N2S/c1-18-10-3-2-4-11-13(10)19-14(20-11)7-5-8(15)12(17)9(16)6-7/h5-6,10,18H,2-4H2,1H3. The Kier molecular flexibility index (Phi) is 3.52. The van der Waals surface area contributed by atoms with Gasteiger partial charge in [0, 0.05) is 10.4 Å². The minimum Gasteiger partial charge on any atom is -0.312 e. The average molecular weight is 298 g/mol. The quantitative estimate of drug-likeness (QED) is 0.853. The maximum atomic E-state index is 13.3. The molecule has 0 amide bonds. The minimum atomic E-state index is -1.44. The van der Waals surface area contributed by atoms with Crippen molar-refractivity contribution in [3.63, 3.8) is 0 Å². The van der Waals surface area contributed by atoms with Gasteiger partial charge in [0.1, 0.15) is 5.01 Å². The first-order valence-electron chi connectivity index (χ1n) is 6.42. The van der Waals surface area contributed by atoms with Crippen molar-refractivity contribution >= 4 is 11.3 Å². The van der Waals surface area contributed by atoms with E-state index in [0.717, 1.165) is 42.0 Å². The molecule has 1 heterocycles. The van der Waals surface area contributed by atoms with Gasteiger partial charge in [0.15, 0.2) is 17.5 Å². The third-order valence-corrected chi connectivity index (χ3v) is 4.71. The Balaban J connectivity index is 2.06. The smallest absolute Gasteiger partial charge is 0.194 e. The molecule has 0 fully saturated rings. The molecule has 20 heavy (non-hydrogen) atoms. The number of halogens is 3. The van der Waals surface area contributed by atoms with E-state index in [1.165, 1.54) is 11.3 Å². The molecule has 0 saturated heterocycles. The second kappa shape index (κ2) is 5.18. The molecule has 1 aliphatic carbocycles. The van der Waals surface area contributed by atoms with Crippen LogP contribution in [0.2, 0.25) is 0 Å². The van der Waals surface area contributed by atoms with Crippen LogP contribution in [-0.2, 0) is 6.42 Å². The molecule has 1 aromatic carbocycles. The topological polar surface area (TPSA) is 24.9 Å². The van der Waals surface area contributed by atoms with Crippen LogP contribution in [0.5, 0.6) is 0 Å². The molecule has 1 atom stereocenters. The maximum absolute atomic E-state index is 13.3. The zero-order valence-corrected chi connectivity index (χ0v) is 11.7. The second-order valence-electron chi connectivity index (χ2n) is 4.81. The molecule has 1 aromatic heterocycles. The largest absolute Gasteiger partial charge is 0.312 e. The number of aryl methyl sites for hydroxylation is 1. The summed E-state index contributed by atoms with van der Waals surface area (Å²) in [5, 5.41) is 3.73. The molecule has 0 bridgehead atoms. The van der Waals surface area contributed by atoms with Crippen LogP contribution in [0.3, 0.4) is 0 Å². The maximum Gasteiger partial charge on any atom is 0.194 e. The molecule has 106 valence electrons. The monoisotopic (exact) mass is 298 g/mol. The van der Waals surface area contributed by atoms with E-state index in [0.29, 0.717) is 5.01 Å². The molecule has 3 rings (SSSR count). The summed E-state index contributed by atoms with van der Waals surface area (Å²) in [7, 11) is 1.87.